The highest BCUT2D eigenvalue weighted by atomic mass is 32.2. The predicted molar refractivity (Wildman–Crippen MR) is 103 cm³/mol. The summed E-state index contributed by atoms with van der Waals surface area (Å²) in [7, 11) is -3.51. The van der Waals surface area contributed by atoms with Crippen LogP contribution in [0.1, 0.15) is 17.3 Å². The van der Waals surface area contributed by atoms with Crippen LogP contribution in [0.15, 0.2) is 59.5 Å². The van der Waals surface area contributed by atoms with E-state index >= 15 is 0 Å². The van der Waals surface area contributed by atoms with Gasteiger partial charge in [0.1, 0.15) is 18.9 Å². The molecule has 27 heavy (non-hydrogen) atoms. The van der Waals surface area contributed by atoms with Gasteiger partial charge in [-0.25, -0.2) is 8.42 Å². The Morgan fingerprint density at radius 2 is 1.67 bits per heavy atom. The zero-order valence-electron chi connectivity index (χ0n) is 15.4. The summed E-state index contributed by atoms with van der Waals surface area (Å²) >= 11 is 0. The fourth-order valence-corrected chi connectivity index (χ4v) is 4.57. The number of benzene rings is 2. The molecule has 2 aromatic carbocycles. The fraction of sp³-hybridized carbons (Fsp3) is 0.350. The molecule has 0 bridgehead atoms. The van der Waals surface area contributed by atoms with Crippen LogP contribution in [0.4, 0.5) is 0 Å². The highest BCUT2D eigenvalue weighted by molar-refractivity contribution is 7.89. The summed E-state index contributed by atoms with van der Waals surface area (Å²) < 4.78 is 32.8. The average Bonchev–Trinajstić information content (AvgIpc) is 2.69. The minimum absolute atomic E-state index is 0.0751. The van der Waals surface area contributed by atoms with Gasteiger partial charge in [0.2, 0.25) is 10.0 Å². The summed E-state index contributed by atoms with van der Waals surface area (Å²) in [5.41, 5.74) is 0.515. The van der Waals surface area contributed by atoms with Gasteiger partial charge in [-0.1, -0.05) is 30.3 Å². The Morgan fingerprint density at radius 3 is 2.26 bits per heavy atom. The predicted octanol–water partition coefficient (Wildman–Crippen LogP) is 0.857. The molecule has 0 unspecified atom stereocenters. The van der Waals surface area contributed by atoms with Crippen LogP contribution in [-0.2, 0) is 10.0 Å². The van der Waals surface area contributed by atoms with Gasteiger partial charge in [0, 0.05) is 5.56 Å². The lowest BCUT2D eigenvalue weighted by Crippen LogP contribution is -3.15. The molecule has 2 aromatic rings. The molecule has 1 heterocycles. The molecule has 1 fully saturated rings. The molecule has 1 N–H and O–H groups in total. The quantitative estimate of drug-likeness (QED) is 0.713. The zero-order valence-corrected chi connectivity index (χ0v) is 16.2. The summed E-state index contributed by atoms with van der Waals surface area (Å²) in [5.74, 6) is 0.779. The second-order valence-electron chi connectivity index (χ2n) is 6.65. The Balaban J connectivity index is 1.51. The Bertz CT molecular complexity index is 859. The van der Waals surface area contributed by atoms with Gasteiger partial charge in [-0.3, -0.25) is 4.79 Å². The minimum Gasteiger partial charge on any atom is -0.488 e. The van der Waals surface area contributed by atoms with Crippen molar-refractivity contribution in [2.75, 3.05) is 39.3 Å². The maximum Gasteiger partial charge on any atom is 0.243 e. The van der Waals surface area contributed by atoms with Crippen molar-refractivity contribution in [1.29, 1.82) is 0 Å². The van der Waals surface area contributed by atoms with E-state index in [0.717, 1.165) is 25.4 Å². The van der Waals surface area contributed by atoms with Gasteiger partial charge in [-0.15, -0.1) is 0 Å². The van der Waals surface area contributed by atoms with E-state index in [1.807, 2.05) is 30.3 Å². The van der Waals surface area contributed by atoms with Crippen LogP contribution in [-0.4, -0.2) is 57.8 Å². The van der Waals surface area contributed by atoms with Gasteiger partial charge in [-0.2, -0.15) is 4.31 Å². The normalized spacial score (nSPS) is 16.2. The van der Waals surface area contributed by atoms with Crippen molar-refractivity contribution in [2.45, 2.75) is 11.8 Å². The molecular formula is C20H25N2O4S+. The highest BCUT2D eigenvalue weighted by Crippen LogP contribution is 2.16. The Hall–Kier alpha value is -2.22. The summed E-state index contributed by atoms with van der Waals surface area (Å²) in [5, 5.41) is 0. The van der Waals surface area contributed by atoms with Crippen molar-refractivity contribution in [3.8, 4) is 5.75 Å². The second kappa shape index (κ2) is 8.65. The molecule has 7 heteroatoms. The van der Waals surface area contributed by atoms with Crippen LogP contribution < -0.4 is 9.64 Å². The lowest BCUT2D eigenvalue weighted by atomic mass is 10.2. The Kier molecular flexibility index (Phi) is 6.26. The number of carbonyl (C=O) groups excluding carboxylic acids is 1. The van der Waals surface area contributed by atoms with E-state index in [4.69, 9.17) is 4.74 Å². The standard InChI is InChI=1S/C20H24N2O4S/c1-17(23)18-7-9-20(10-8-18)27(24,25)22-13-11-21(12-14-22)15-16-26-19-5-3-2-4-6-19/h2-10H,11-16H2,1H3/p+1. The maximum absolute atomic E-state index is 12.8. The molecule has 1 saturated heterocycles. The summed E-state index contributed by atoms with van der Waals surface area (Å²) in [6, 6.07) is 15.8. The third-order valence-corrected chi connectivity index (χ3v) is 6.71. The molecule has 6 nitrogen and oxygen atoms in total. The highest BCUT2D eigenvalue weighted by Gasteiger charge is 2.30. The maximum atomic E-state index is 12.8. The largest absolute Gasteiger partial charge is 0.488 e. The van der Waals surface area contributed by atoms with E-state index in [1.54, 1.807) is 12.1 Å². The van der Waals surface area contributed by atoms with Gasteiger partial charge in [0.25, 0.3) is 0 Å². The number of quaternary nitrogens is 1. The summed E-state index contributed by atoms with van der Waals surface area (Å²) in [4.78, 5) is 12.9. The minimum atomic E-state index is -3.51. The van der Waals surface area contributed by atoms with E-state index in [0.29, 0.717) is 25.3 Å². The van der Waals surface area contributed by atoms with Crippen molar-refractivity contribution in [3.05, 3.63) is 60.2 Å². The van der Waals surface area contributed by atoms with Crippen molar-refractivity contribution in [3.63, 3.8) is 0 Å². The number of para-hydroxylation sites is 1. The smallest absolute Gasteiger partial charge is 0.243 e. The number of nitrogens with zero attached hydrogens (tertiary/aromatic N) is 1. The molecule has 0 amide bonds. The number of Topliss-reactive ketones (excluding diaryl/α,β-unsaturated/α-hetero) is 1. The number of carbonyl (C=O) groups is 1. The number of rotatable bonds is 7. The lowest BCUT2D eigenvalue weighted by Gasteiger charge is -2.31. The van der Waals surface area contributed by atoms with Crippen LogP contribution in [0.5, 0.6) is 5.75 Å². The van der Waals surface area contributed by atoms with Crippen LogP contribution in [0.25, 0.3) is 0 Å². The SMILES string of the molecule is CC(=O)c1ccc(S(=O)(=O)N2CC[NH+](CCOc3ccccc3)CC2)cc1. The monoisotopic (exact) mass is 389 g/mol. The van der Waals surface area contributed by atoms with Crippen LogP contribution >= 0.6 is 0 Å². The van der Waals surface area contributed by atoms with Gasteiger partial charge in [-0.05, 0) is 31.2 Å². The molecule has 144 valence electrons. The van der Waals surface area contributed by atoms with Crippen LogP contribution in [0.2, 0.25) is 0 Å². The first-order valence-corrected chi connectivity index (χ1v) is 10.5. The number of hydrogen-bond donors (Lipinski definition) is 1. The molecule has 0 aliphatic carbocycles. The molecular weight excluding hydrogens is 364 g/mol. The summed E-state index contributed by atoms with van der Waals surface area (Å²) in [6.45, 7) is 5.39. The van der Waals surface area contributed by atoms with E-state index in [1.165, 1.54) is 28.3 Å². The average molecular weight is 389 g/mol. The van der Waals surface area contributed by atoms with E-state index in [9.17, 15) is 13.2 Å². The van der Waals surface area contributed by atoms with Crippen molar-refractivity contribution < 1.29 is 22.8 Å². The Morgan fingerprint density at radius 1 is 1.04 bits per heavy atom. The molecule has 0 aromatic heterocycles. The number of ether oxygens (including phenoxy) is 1. The number of hydrogen-bond acceptors (Lipinski definition) is 4. The zero-order chi connectivity index (χ0) is 19.3. The molecule has 0 radical (unpaired) electrons. The lowest BCUT2D eigenvalue weighted by molar-refractivity contribution is -0.903. The van der Waals surface area contributed by atoms with Gasteiger partial charge in [0.15, 0.2) is 5.78 Å². The number of sulfonamides is 1. The summed E-state index contributed by atoms with van der Waals surface area (Å²) in [6.07, 6.45) is 0. The van der Waals surface area contributed by atoms with Gasteiger partial charge < -0.3 is 9.64 Å². The van der Waals surface area contributed by atoms with E-state index < -0.39 is 10.0 Å². The topological polar surface area (TPSA) is 68.1 Å². The van der Waals surface area contributed by atoms with Crippen molar-refractivity contribution >= 4 is 15.8 Å². The first-order chi connectivity index (χ1) is 13.0. The van der Waals surface area contributed by atoms with E-state index in [-0.39, 0.29) is 10.7 Å². The molecule has 3 rings (SSSR count). The molecule has 1 aliphatic heterocycles. The molecule has 0 spiro atoms. The van der Waals surface area contributed by atoms with Crippen LogP contribution in [0.3, 0.4) is 0 Å². The number of ketones is 1. The fourth-order valence-electron chi connectivity index (χ4n) is 3.13. The van der Waals surface area contributed by atoms with Crippen molar-refractivity contribution in [1.82, 2.24) is 4.31 Å². The third kappa shape index (κ3) is 4.94. The molecule has 1 aliphatic rings. The first kappa shape index (κ1) is 19.5. The third-order valence-electron chi connectivity index (χ3n) is 4.80. The first-order valence-electron chi connectivity index (χ1n) is 9.09. The second-order valence-corrected chi connectivity index (χ2v) is 8.58. The number of nitrogens with one attached hydrogen (secondary N) is 1. The van der Waals surface area contributed by atoms with E-state index in [2.05, 4.69) is 0 Å². The molecule has 0 saturated carbocycles. The van der Waals surface area contributed by atoms with Gasteiger partial charge in [0.05, 0.1) is 31.1 Å². The van der Waals surface area contributed by atoms with Crippen LogP contribution in [0, 0.1) is 0 Å². The van der Waals surface area contributed by atoms with Gasteiger partial charge >= 0.3 is 0 Å². The van der Waals surface area contributed by atoms with Crippen molar-refractivity contribution in [2.24, 2.45) is 0 Å². The number of piperazine rings is 1. The molecule has 0 atom stereocenters. The Labute approximate surface area is 160 Å².